The number of amides is 1. The third-order valence-electron chi connectivity index (χ3n) is 5.01. The molecule has 2 aromatic carbocycles. The fourth-order valence-electron chi connectivity index (χ4n) is 3.22. The summed E-state index contributed by atoms with van der Waals surface area (Å²) in [5.74, 6) is 0.827. The van der Waals surface area contributed by atoms with Crippen LogP contribution in [0.3, 0.4) is 0 Å². The summed E-state index contributed by atoms with van der Waals surface area (Å²) < 4.78 is 63.3. The highest BCUT2D eigenvalue weighted by atomic mass is 35.7. The van der Waals surface area contributed by atoms with Crippen molar-refractivity contribution in [1.82, 2.24) is 9.62 Å². The Morgan fingerprint density at radius 2 is 1.54 bits per heavy atom. The maximum Gasteiger partial charge on any atom is 0.277 e. The van der Waals surface area contributed by atoms with Gasteiger partial charge in [-0.3, -0.25) is 4.79 Å². The molecule has 0 heterocycles. The van der Waals surface area contributed by atoms with Crippen molar-refractivity contribution in [3.05, 3.63) is 65.7 Å². The molecule has 0 saturated carbocycles. The summed E-state index contributed by atoms with van der Waals surface area (Å²) >= 11 is 0. The molecule has 1 N–H and O–H groups in total. The Morgan fingerprint density at radius 1 is 1.03 bits per heavy atom. The SMILES string of the molecule is CCCC[S+](C)[C@H](C(=O)N(C)C)[C@H](NS(=O)(=O)c1ccc(C)cc1)c1ccccc1.[O-][Cl+3]([O-])([O-])[O-]. The molecule has 0 aromatic heterocycles. The fraction of sp³-hybridized carbons (Fsp3) is 0.435. The third kappa shape index (κ3) is 11.3. The van der Waals surface area contributed by atoms with Gasteiger partial charge < -0.3 is 4.90 Å². The summed E-state index contributed by atoms with van der Waals surface area (Å²) in [6, 6.07) is 15.5. The first-order chi connectivity index (χ1) is 16.2. The quantitative estimate of drug-likeness (QED) is 0.364. The highest BCUT2D eigenvalue weighted by molar-refractivity contribution is 7.97. The van der Waals surface area contributed by atoms with E-state index in [0.717, 1.165) is 29.7 Å². The lowest BCUT2D eigenvalue weighted by molar-refractivity contribution is -2.00. The van der Waals surface area contributed by atoms with Gasteiger partial charge in [-0.15, -0.1) is 10.2 Å². The van der Waals surface area contributed by atoms with Crippen molar-refractivity contribution in [1.29, 1.82) is 0 Å². The van der Waals surface area contributed by atoms with Gasteiger partial charge in [-0.25, -0.2) is 27.1 Å². The van der Waals surface area contributed by atoms with Crippen molar-refractivity contribution in [3.8, 4) is 0 Å². The fourth-order valence-corrected chi connectivity index (χ4v) is 6.78. The van der Waals surface area contributed by atoms with Crippen LogP contribution in [0, 0.1) is 17.2 Å². The number of carbonyl (C=O) groups is 1. The van der Waals surface area contributed by atoms with Crippen LogP contribution in [0.5, 0.6) is 0 Å². The van der Waals surface area contributed by atoms with Gasteiger partial charge in [-0.05, 0) is 41.9 Å². The summed E-state index contributed by atoms with van der Waals surface area (Å²) in [7, 11) is -5.60. The summed E-state index contributed by atoms with van der Waals surface area (Å²) in [6.45, 7) is 4.04. The first kappa shape index (κ1) is 31.3. The molecule has 35 heavy (non-hydrogen) atoms. The minimum absolute atomic E-state index is 0.0580. The minimum Gasteiger partial charge on any atom is -0.344 e. The van der Waals surface area contributed by atoms with Gasteiger partial charge in [-0.1, -0.05) is 61.4 Å². The number of unbranched alkanes of at least 4 members (excludes halogenated alkanes) is 1. The van der Waals surface area contributed by atoms with Crippen LogP contribution in [0.25, 0.3) is 0 Å². The maximum atomic E-state index is 13.2. The van der Waals surface area contributed by atoms with E-state index in [9.17, 15) is 13.2 Å². The lowest BCUT2D eigenvalue weighted by atomic mass is 10.0. The van der Waals surface area contributed by atoms with E-state index >= 15 is 0 Å². The van der Waals surface area contributed by atoms with Crippen molar-refractivity contribution in [2.45, 2.75) is 42.9 Å². The molecule has 2 aromatic rings. The average Bonchev–Trinajstić information content (AvgIpc) is 2.76. The molecule has 0 radical (unpaired) electrons. The Balaban J connectivity index is 0.00000111. The standard InChI is InChI=1S/C23H33N2O3S2.ClHO4/c1-6-7-17-29(5)22(23(26)25(3)4)21(19-11-9-8-10-12-19)24-30(27,28)20-15-13-18(2)14-16-20;2-1(3,4)5/h8-16,21-22,24H,6-7,17H2,1-5H3;(H,2,3,4,5)/q+1;/p-1/t21-,22+,29?;/m1./s1. The Morgan fingerprint density at radius 3 is 2.00 bits per heavy atom. The molecule has 0 saturated heterocycles. The molecular formula is C23H33ClN2O7S2. The number of hydrogen-bond donors (Lipinski definition) is 1. The zero-order valence-corrected chi connectivity index (χ0v) is 22.9. The summed E-state index contributed by atoms with van der Waals surface area (Å²) in [5, 5.41) is -0.478. The topological polar surface area (TPSA) is 159 Å². The predicted octanol–water partition coefficient (Wildman–Crippen LogP) is -1.24. The predicted molar refractivity (Wildman–Crippen MR) is 126 cm³/mol. The summed E-state index contributed by atoms with van der Waals surface area (Å²) in [5.41, 5.74) is 1.79. The van der Waals surface area contributed by atoms with Gasteiger partial charge in [0.15, 0.2) is 0 Å². The zero-order chi connectivity index (χ0) is 26.8. The van der Waals surface area contributed by atoms with Crippen LogP contribution in [0.2, 0.25) is 0 Å². The van der Waals surface area contributed by atoms with E-state index in [0.29, 0.717) is 0 Å². The monoisotopic (exact) mass is 548 g/mol. The molecule has 0 fully saturated rings. The number of benzene rings is 2. The highest BCUT2D eigenvalue weighted by Crippen LogP contribution is 2.28. The van der Waals surface area contributed by atoms with Crippen LogP contribution >= 0.6 is 0 Å². The van der Waals surface area contributed by atoms with Crippen LogP contribution in [0.15, 0.2) is 59.5 Å². The van der Waals surface area contributed by atoms with E-state index in [1.165, 1.54) is 0 Å². The molecule has 0 spiro atoms. The second-order valence-electron chi connectivity index (χ2n) is 8.10. The number of sulfonamides is 1. The van der Waals surface area contributed by atoms with Crippen molar-refractivity contribution in [3.63, 3.8) is 0 Å². The van der Waals surface area contributed by atoms with Crippen LogP contribution in [0.4, 0.5) is 0 Å². The normalized spacial score (nSPS) is 14.3. The van der Waals surface area contributed by atoms with Crippen molar-refractivity contribution < 1.29 is 42.1 Å². The first-order valence-electron chi connectivity index (χ1n) is 10.8. The van der Waals surface area contributed by atoms with Crippen molar-refractivity contribution >= 4 is 26.8 Å². The van der Waals surface area contributed by atoms with Gasteiger partial charge in [0.25, 0.3) is 5.91 Å². The minimum atomic E-state index is -4.94. The summed E-state index contributed by atoms with van der Waals surface area (Å²) in [6.07, 6.45) is 4.10. The van der Waals surface area contributed by atoms with Crippen LogP contribution in [0.1, 0.15) is 36.9 Å². The van der Waals surface area contributed by atoms with Gasteiger partial charge in [0.1, 0.15) is 11.8 Å². The number of halogens is 1. The van der Waals surface area contributed by atoms with Crippen molar-refractivity contribution in [2.24, 2.45) is 0 Å². The Bertz CT molecular complexity index is 1010. The van der Waals surface area contributed by atoms with Crippen LogP contribution in [-0.2, 0) is 25.7 Å². The summed E-state index contributed by atoms with van der Waals surface area (Å²) in [4.78, 5) is 15.0. The van der Waals surface area contributed by atoms with Crippen LogP contribution in [-0.4, -0.2) is 50.6 Å². The molecule has 12 heteroatoms. The van der Waals surface area contributed by atoms with Gasteiger partial charge in [-0.2, -0.15) is 4.72 Å². The molecule has 9 nitrogen and oxygen atoms in total. The van der Waals surface area contributed by atoms with E-state index in [4.69, 9.17) is 18.6 Å². The van der Waals surface area contributed by atoms with E-state index in [1.807, 2.05) is 37.3 Å². The number of rotatable bonds is 10. The lowest BCUT2D eigenvalue weighted by Gasteiger charge is -2.28. The Labute approximate surface area is 212 Å². The molecule has 0 aliphatic carbocycles. The molecule has 0 aliphatic rings. The first-order valence-corrected chi connectivity index (χ1v) is 15.3. The van der Waals surface area contributed by atoms with Gasteiger partial charge in [0.2, 0.25) is 15.3 Å². The molecule has 1 amide bonds. The second-order valence-corrected chi connectivity index (χ2v) is 12.9. The maximum absolute atomic E-state index is 13.2. The number of aryl methyl sites for hydroxylation is 1. The van der Waals surface area contributed by atoms with Gasteiger partial charge >= 0.3 is 0 Å². The van der Waals surface area contributed by atoms with E-state index < -0.39 is 31.6 Å². The number of nitrogens with one attached hydrogen (secondary N) is 1. The van der Waals surface area contributed by atoms with Crippen molar-refractivity contribution in [2.75, 3.05) is 26.1 Å². The zero-order valence-electron chi connectivity index (χ0n) is 20.5. The molecule has 0 aliphatic heterocycles. The highest BCUT2D eigenvalue weighted by Gasteiger charge is 2.44. The van der Waals surface area contributed by atoms with Gasteiger partial charge in [0.05, 0.1) is 11.2 Å². The molecular weight excluding hydrogens is 516 g/mol. The lowest BCUT2D eigenvalue weighted by Crippen LogP contribution is -2.68. The van der Waals surface area contributed by atoms with E-state index in [-0.39, 0.29) is 21.7 Å². The Hall–Kier alpha value is -1.70. The smallest absolute Gasteiger partial charge is 0.277 e. The largest absolute Gasteiger partial charge is 0.344 e. The molecule has 2 rings (SSSR count). The third-order valence-corrected chi connectivity index (χ3v) is 8.74. The Kier molecular flexibility index (Phi) is 12.7. The molecule has 196 valence electrons. The number of hydrogen-bond acceptors (Lipinski definition) is 7. The van der Waals surface area contributed by atoms with E-state index in [1.54, 1.807) is 43.3 Å². The van der Waals surface area contributed by atoms with Gasteiger partial charge in [0, 0.05) is 14.1 Å². The molecule has 1 unspecified atom stereocenters. The van der Waals surface area contributed by atoms with E-state index in [2.05, 4.69) is 17.9 Å². The number of nitrogens with zero attached hydrogens (tertiary/aromatic N) is 1. The van der Waals surface area contributed by atoms with Crippen LogP contribution < -0.4 is 23.4 Å². The molecule has 3 atom stereocenters. The number of carbonyl (C=O) groups excluding carboxylic acids is 1. The second kappa shape index (κ2) is 14.1. The average molecular weight is 549 g/mol. The molecule has 0 bridgehead atoms.